The number of para-hydroxylation sites is 1. The number of amides is 1. The molecule has 17 heavy (non-hydrogen) atoms. The van der Waals surface area contributed by atoms with Crippen molar-refractivity contribution >= 4 is 29.3 Å². The van der Waals surface area contributed by atoms with Crippen LogP contribution >= 0.6 is 11.8 Å². The molecule has 1 amide bonds. The maximum atomic E-state index is 11.7. The van der Waals surface area contributed by atoms with Crippen molar-refractivity contribution < 1.29 is 14.7 Å². The lowest BCUT2D eigenvalue weighted by Gasteiger charge is -2.14. The summed E-state index contributed by atoms with van der Waals surface area (Å²) in [5.74, 6) is -1.09. The number of hydrogen-bond donors (Lipinski definition) is 2. The molecule has 0 radical (unpaired) electrons. The van der Waals surface area contributed by atoms with Crippen LogP contribution in [0, 0.1) is 0 Å². The molecule has 1 aromatic rings. The zero-order valence-electron chi connectivity index (χ0n) is 9.71. The lowest BCUT2D eigenvalue weighted by Crippen LogP contribution is -2.26. The van der Waals surface area contributed by atoms with Crippen molar-refractivity contribution in [2.45, 2.75) is 24.3 Å². The summed E-state index contributed by atoms with van der Waals surface area (Å²) in [6, 6.07) is 9.09. The first-order valence-corrected chi connectivity index (χ1v) is 6.19. The van der Waals surface area contributed by atoms with Crippen LogP contribution in [0.15, 0.2) is 30.3 Å². The van der Waals surface area contributed by atoms with Crippen LogP contribution in [-0.4, -0.2) is 27.5 Å². The van der Waals surface area contributed by atoms with Crippen LogP contribution in [0.4, 0.5) is 5.69 Å². The van der Waals surface area contributed by atoms with E-state index in [0.29, 0.717) is 5.69 Å². The third kappa shape index (κ3) is 4.48. The van der Waals surface area contributed by atoms with Crippen LogP contribution in [-0.2, 0) is 9.59 Å². The number of carboxylic acid groups (broad SMARTS) is 1. The van der Waals surface area contributed by atoms with Gasteiger partial charge in [0.2, 0.25) is 5.91 Å². The maximum absolute atomic E-state index is 11.7. The first-order valence-electron chi connectivity index (χ1n) is 5.25. The van der Waals surface area contributed by atoms with E-state index in [1.807, 2.05) is 18.2 Å². The van der Waals surface area contributed by atoms with Gasteiger partial charge in [-0.3, -0.25) is 9.59 Å². The SMILES string of the molecule is CC(SC(C)C(=O)Nc1ccccc1)C(=O)O. The predicted octanol–water partition coefficient (Wildman–Crippen LogP) is 2.22. The van der Waals surface area contributed by atoms with Crippen LogP contribution in [0.1, 0.15) is 13.8 Å². The molecule has 0 aliphatic rings. The number of thioether (sulfide) groups is 1. The second kappa shape index (κ2) is 6.30. The van der Waals surface area contributed by atoms with E-state index in [0.717, 1.165) is 11.8 Å². The van der Waals surface area contributed by atoms with Gasteiger partial charge in [0.15, 0.2) is 0 Å². The molecule has 4 nitrogen and oxygen atoms in total. The highest BCUT2D eigenvalue weighted by atomic mass is 32.2. The summed E-state index contributed by atoms with van der Waals surface area (Å²) in [6.45, 7) is 3.27. The Hall–Kier alpha value is -1.49. The van der Waals surface area contributed by atoms with E-state index < -0.39 is 16.5 Å². The van der Waals surface area contributed by atoms with Crippen LogP contribution in [0.5, 0.6) is 0 Å². The highest BCUT2D eigenvalue weighted by molar-refractivity contribution is 8.01. The molecule has 0 spiro atoms. The van der Waals surface area contributed by atoms with Gasteiger partial charge in [-0.2, -0.15) is 0 Å². The highest BCUT2D eigenvalue weighted by Gasteiger charge is 2.20. The molecule has 0 aromatic heterocycles. The normalized spacial score (nSPS) is 13.8. The van der Waals surface area contributed by atoms with Gasteiger partial charge in [-0.05, 0) is 26.0 Å². The average Bonchev–Trinajstić information content (AvgIpc) is 2.29. The van der Waals surface area contributed by atoms with Crippen LogP contribution < -0.4 is 5.32 Å². The average molecular weight is 253 g/mol. The number of hydrogen-bond acceptors (Lipinski definition) is 3. The summed E-state index contributed by atoms with van der Waals surface area (Å²) in [4.78, 5) is 22.4. The Morgan fingerprint density at radius 3 is 2.29 bits per heavy atom. The number of benzene rings is 1. The second-order valence-corrected chi connectivity index (χ2v) is 5.30. The molecular formula is C12H15NO3S. The summed E-state index contributed by atoms with van der Waals surface area (Å²) < 4.78 is 0. The van der Waals surface area contributed by atoms with Gasteiger partial charge in [0.1, 0.15) is 5.25 Å². The van der Waals surface area contributed by atoms with Crippen molar-refractivity contribution in [3.8, 4) is 0 Å². The number of carbonyl (C=O) groups excluding carboxylic acids is 1. The maximum Gasteiger partial charge on any atom is 0.316 e. The Labute approximate surface area is 104 Å². The first-order chi connectivity index (χ1) is 8.00. The minimum absolute atomic E-state index is 0.186. The summed E-state index contributed by atoms with van der Waals surface area (Å²) in [5, 5.41) is 10.5. The van der Waals surface area contributed by atoms with Crippen molar-refractivity contribution in [2.24, 2.45) is 0 Å². The van der Waals surface area contributed by atoms with Crippen LogP contribution in [0.25, 0.3) is 0 Å². The Bertz CT molecular complexity index is 394. The fraction of sp³-hybridized carbons (Fsp3) is 0.333. The monoisotopic (exact) mass is 253 g/mol. The van der Waals surface area contributed by atoms with E-state index in [4.69, 9.17) is 5.11 Å². The number of nitrogens with one attached hydrogen (secondary N) is 1. The molecule has 2 atom stereocenters. The fourth-order valence-electron chi connectivity index (χ4n) is 1.19. The third-order valence-electron chi connectivity index (χ3n) is 2.17. The molecule has 0 saturated heterocycles. The lowest BCUT2D eigenvalue weighted by molar-refractivity contribution is -0.136. The number of anilines is 1. The van der Waals surface area contributed by atoms with Gasteiger partial charge >= 0.3 is 5.97 Å². The number of aliphatic carboxylic acids is 1. The smallest absolute Gasteiger partial charge is 0.316 e. The van der Waals surface area contributed by atoms with Crippen molar-refractivity contribution in [3.63, 3.8) is 0 Å². The molecule has 0 bridgehead atoms. The van der Waals surface area contributed by atoms with Gasteiger partial charge in [0, 0.05) is 5.69 Å². The van der Waals surface area contributed by atoms with Gasteiger partial charge in [0.05, 0.1) is 5.25 Å². The summed E-state index contributed by atoms with van der Waals surface area (Å²) in [6.07, 6.45) is 0. The zero-order chi connectivity index (χ0) is 12.8. The van der Waals surface area contributed by atoms with Gasteiger partial charge < -0.3 is 10.4 Å². The minimum atomic E-state index is -0.908. The molecule has 1 aromatic carbocycles. The van der Waals surface area contributed by atoms with E-state index in [1.165, 1.54) is 0 Å². The molecule has 0 saturated carbocycles. The quantitative estimate of drug-likeness (QED) is 0.844. The molecule has 92 valence electrons. The first kappa shape index (κ1) is 13.6. The van der Waals surface area contributed by atoms with E-state index in [9.17, 15) is 9.59 Å². The number of rotatable bonds is 5. The molecule has 2 unspecified atom stereocenters. The van der Waals surface area contributed by atoms with E-state index >= 15 is 0 Å². The largest absolute Gasteiger partial charge is 0.480 e. The Morgan fingerprint density at radius 1 is 1.18 bits per heavy atom. The Balaban J connectivity index is 2.50. The molecule has 0 aliphatic carbocycles. The summed E-state index contributed by atoms with van der Waals surface area (Å²) >= 11 is 1.12. The van der Waals surface area contributed by atoms with E-state index in [-0.39, 0.29) is 5.91 Å². The number of carbonyl (C=O) groups is 2. The van der Waals surface area contributed by atoms with Crippen LogP contribution in [0.3, 0.4) is 0 Å². The Morgan fingerprint density at radius 2 is 1.76 bits per heavy atom. The molecule has 0 fully saturated rings. The molecule has 1 rings (SSSR count). The fourth-order valence-corrected chi connectivity index (χ4v) is 2.10. The zero-order valence-corrected chi connectivity index (χ0v) is 10.5. The van der Waals surface area contributed by atoms with Gasteiger partial charge in [-0.1, -0.05) is 18.2 Å². The molecule has 5 heteroatoms. The van der Waals surface area contributed by atoms with Crippen molar-refractivity contribution in [1.82, 2.24) is 0 Å². The summed E-state index contributed by atoms with van der Waals surface area (Å²) in [5.41, 5.74) is 0.716. The van der Waals surface area contributed by atoms with Crippen molar-refractivity contribution in [1.29, 1.82) is 0 Å². The molecule has 0 aliphatic heterocycles. The third-order valence-corrected chi connectivity index (χ3v) is 3.40. The van der Waals surface area contributed by atoms with E-state index in [2.05, 4.69) is 5.32 Å². The molecular weight excluding hydrogens is 238 g/mol. The predicted molar refractivity (Wildman–Crippen MR) is 69.2 cm³/mol. The number of carboxylic acids is 1. The highest BCUT2D eigenvalue weighted by Crippen LogP contribution is 2.19. The van der Waals surface area contributed by atoms with Gasteiger partial charge in [0.25, 0.3) is 0 Å². The van der Waals surface area contributed by atoms with Crippen molar-refractivity contribution in [2.75, 3.05) is 5.32 Å². The van der Waals surface area contributed by atoms with Gasteiger partial charge in [-0.15, -0.1) is 11.8 Å². The summed E-state index contributed by atoms with van der Waals surface area (Å²) in [7, 11) is 0. The van der Waals surface area contributed by atoms with Gasteiger partial charge in [-0.25, -0.2) is 0 Å². The minimum Gasteiger partial charge on any atom is -0.480 e. The topological polar surface area (TPSA) is 66.4 Å². The van der Waals surface area contributed by atoms with Crippen molar-refractivity contribution in [3.05, 3.63) is 30.3 Å². The van der Waals surface area contributed by atoms with E-state index in [1.54, 1.807) is 26.0 Å². The lowest BCUT2D eigenvalue weighted by atomic mass is 10.3. The molecule has 0 heterocycles. The Kier molecular flexibility index (Phi) is 5.03. The molecule has 2 N–H and O–H groups in total. The van der Waals surface area contributed by atoms with Crippen LogP contribution in [0.2, 0.25) is 0 Å². The standard InChI is InChI=1S/C12H15NO3S/c1-8(17-9(2)12(15)16)11(14)13-10-6-4-3-5-7-10/h3-9H,1-2H3,(H,13,14)(H,15,16). The second-order valence-electron chi connectivity index (χ2n) is 3.61.